The predicted octanol–water partition coefficient (Wildman–Crippen LogP) is 3.56. The van der Waals surface area contributed by atoms with Crippen molar-refractivity contribution in [2.24, 2.45) is 0 Å². The lowest BCUT2D eigenvalue weighted by Crippen LogP contribution is -2.50. The van der Waals surface area contributed by atoms with Crippen LogP contribution in [-0.2, 0) is 0 Å². The maximum Gasteiger partial charge on any atom is 0.147 e. The fourth-order valence-electron chi connectivity index (χ4n) is 3.21. The molecule has 19 heavy (non-hydrogen) atoms. The molecule has 2 heterocycles. The third-order valence-corrected chi connectivity index (χ3v) is 4.96. The topological polar surface area (TPSA) is 19.4 Å². The highest BCUT2D eigenvalue weighted by atomic mass is 79.9. The van der Waals surface area contributed by atoms with E-state index < -0.39 is 0 Å². The Morgan fingerprint density at radius 1 is 1.16 bits per heavy atom. The minimum atomic E-state index is 0.740. The fraction of sp³-hybridized carbons (Fsp3) is 0.643. The smallest absolute Gasteiger partial charge is 0.147 e. The molecule has 0 N–H and O–H groups in total. The normalized spacial score (nSPS) is 22.1. The van der Waals surface area contributed by atoms with Gasteiger partial charge in [-0.25, -0.2) is 4.98 Å². The van der Waals surface area contributed by atoms with E-state index in [0.29, 0.717) is 0 Å². The molecule has 0 amide bonds. The van der Waals surface area contributed by atoms with Gasteiger partial charge in [0.2, 0.25) is 0 Å². The average molecular weight is 345 g/mol. The van der Waals surface area contributed by atoms with E-state index in [4.69, 9.17) is 11.6 Å². The number of halogens is 2. The third kappa shape index (κ3) is 3.06. The number of nitrogens with zero attached hydrogens (tertiary/aromatic N) is 3. The van der Waals surface area contributed by atoms with Gasteiger partial charge in [-0.05, 0) is 34.8 Å². The second-order valence-electron chi connectivity index (χ2n) is 5.42. The van der Waals surface area contributed by atoms with Crippen molar-refractivity contribution in [3.8, 4) is 0 Å². The van der Waals surface area contributed by atoms with Gasteiger partial charge in [0.25, 0.3) is 0 Å². The summed E-state index contributed by atoms with van der Waals surface area (Å²) < 4.78 is 0.936. The van der Waals surface area contributed by atoms with Crippen molar-refractivity contribution in [2.45, 2.75) is 31.7 Å². The first kappa shape index (κ1) is 13.7. The average Bonchev–Trinajstić information content (AvgIpc) is 2.93. The first-order chi connectivity index (χ1) is 9.24. The zero-order valence-corrected chi connectivity index (χ0v) is 13.3. The highest BCUT2D eigenvalue weighted by Crippen LogP contribution is 2.29. The highest BCUT2D eigenvalue weighted by Gasteiger charge is 2.27. The van der Waals surface area contributed by atoms with Crippen LogP contribution < -0.4 is 4.90 Å². The molecule has 0 aromatic carbocycles. The summed E-state index contributed by atoms with van der Waals surface area (Å²) in [5.74, 6) is 0.927. The van der Waals surface area contributed by atoms with Crippen LogP contribution in [0.4, 0.5) is 5.82 Å². The Bertz CT molecular complexity index is 440. The van der Waals surface area contributed by atoms with Crippen LogP contribution in [0.1, 0.15) is 25.7 Å². The summed E-state index contributed by atoms with van der Waals surface area (Å²) in [5, 5.41) is 0.740. The molecular formula is C14H19BrClN3. The number of hydrogen-bond acceptors (Lipinski definition) is 3. The largest absolute Gasteiger partial charge is 0.353 e. The third-order valence-electron chi connectivity index (χ3n) is 4.24. The number of rotatable bonds is 2. The molecule has 5 heteroatoms. The molecule has 1 aromatic rings. The van der Waals surface area contributed by atoms with Gasteiger partial charge in [0.15, 0.2) is 0 Å². The molecule has 3 rings (SSSR count). The molecule has 1 aliphatic heterocycles. The molecule has 3 nitrogen and oxygen atoms in total. The molecule has 2 fully saturated rings. The standard InChI is InChI=1S/C14H19BrClN3/c15-11-9-13(16)14(17-10-11)19-7-5-18(6-8-19)12-3-1-2-4-12/h9-10,12H,1-8H2. The predicted molar refractivity (Wildman–Crippen MR) is 83.0 cm³/mol. The summed E-state index contributed by atoms with van der Waals surface area (Å²) in [5.41, 5.74) is 0. The van der Waals surface area contributed by atoms with Gasteiger partial charge in [-0.15, -0.1) is 0 Å². The van der Waals surface area contributed by atoms with E-state index in [1.165, 1.54) is 25.7 Å². The fourth-order valence-corrected chi connectivity index (χ4v) is 3.96. The minimum absolute atomic E-state index is 0.740. The molecule has 1 saturated carbocycles. The van der Waals surface area contributed by atoms with Gasteiger partial charge in [-0.1, -0.05) is 24.4 Å². The summed E-state index contributed by atoms with van der Waals surface area (Å²) in [6, 6.07) is 2.75. The van der Waals surface area contributed by atoms with Gasteiger partial charge in [-0.3, -0.25) is 4.90 Å². The molecule has 1 aromatic heterocycles. The Morgan fingerprint density at radius 3 is 2.47 bits per heavy atom. The summed E-state index contributed by atoms with van der Waals surface area (Å²) in [4.78, 5) is 9.41. The zero-order chi connectivity index (χ0) is 13.2. The van der Waals surface area contributed by atoms with Crippen molar-refractivity contribution in [1.82, 2.24) is 9.88 Å². The van der Waals surface area contributed by atoms with Crippen molar-refractivity contribution in [2.75, 3.05) is 31.1 Å². The molecule has 1 saturated heterocycles. The number of anilines is 1. The summed E-state index contributed by atoms with van der Waals surface area (Å²) >= 11 is 9.68. The van der Waals surface area contributed by atoms with E-state index in [9.17, 15) is 0 Å². The highest BCUT2D eigenvalue weighted by molar-refractivity contribution is 9.10. The van der Waals surface area contributed by atoms with E-state index in [1.54, 1.807) is 0 Å². The van der Waals surface area contributed by atoms with Gasteiger partial charge in [0.05, 0.1) is 5.02 Å². The molecule has 2 aliphatic rings. The van der Waals surface area contributed by atoms with Gasteiger partial charge in [0, 0.05) is 42.9 Å². The summed E-state index contributed by atoms with van der Waals surface area (Å²) in [6.45, 7) is 4.34. The van der Waals surface area contributed by atoms with Crippen molar-refractivity contribution < 1.29 is 0 Å². The molecule has 1 aliphatic carbocycles. The van der Waals surface area contributed by atoms with E-state index in [2.05, 4.69) is 30.7 Å². The second-order valence-corrected chi connectivity index (χ2v) is 6.74. The molecule has 0 unspecified atom stereocenters. The Balaban J connectivity index is 1.63. The van der Waals surface area contributed by atoms with Crippen molar-refractivity contribution in [3.63, 3.8) is 0 Å². The Hall–Kier alpha value is -0.320. The van der Waals surface area contributed by atoms with Crippen molar-refractivity contribution in [1.29, 1.82) is 0 Å². The first-order valence-corrected chi connectivity index (χ1v) is 8.21. The van der Waals surface area contributed by atoms with Crippen LogP contribution in [0.5, 0.6) is 0 Å². The summed E-state index contributed by atoms with van der Waals surface area (Å²) in [7, 11) is 0. The van der Waals surface area contributed by atoms with E-state index >= 15 is 0 Å². The lowest BCUT2D eigenvalue weighted by atomic mass is 10.2. The lowest BCUT2D eigenvalue weighted by Gasteiger charge is -2.38. The maximum atomic E-state index is 6.28. The zero-order valence-electron chi connectivity index (χ0n) is 11.0. The van der Waals surface area contributed by atoms with Crippen LogP contribution in [0.2, 0.25) is 5.02 Å². The van der Waals surface area contributed by atoms with Gasteiger partial charge in [-0.2, -0.15) is 0 Å². The molecule has 104 valence electrons. The summed E-state index contributed by atoms with van der Waals surface area (Å²) in [6.07, 6.45) is 7.41. The minimum Gasteiger partial charge on any atom is -0.353 e. The van der Waals surface area contributed by atoms with Crippen LogP contribution >= 0.6 is 27.5 Å². The molecule has 0 radical (unpaired) electrons. The van der Waals surface area contributed by atoms with Crippen molar-refractivity contribution in [3.05, 3.63) is 21.8 Å². The second kappa shape index (κ2) is 5.98. The molecule has 0 spiro atoms. The molecule has 0 atom stereocenters. The van der Waals surface area contributed by atoms with Gasteiger partial charge >= 0.3 is 0 Å². The van der Waals surface area contributed by atoms with E-state index in [1.807, 2.05) is 12.3 Å². The first-order valence-electron chi connectivity index (χ1n) is 7.04. The monoisotopic (exact) mass is 343 g/mol. The quantitative estimate of drug-likeness (QED) is 0.818. The maximum absolute atomic E-state index is 6.28. The Labute approximate surface area is 128 Å². The number of aromatic nitrogens is 1. The van der Waals surface area contributed by atoms with Crippen LogP contribution in [-0.4, -0.2) is 42.1 Å². The van der Waals surface area contributed by atoms with Gasteiger partial charge < -0.3 is 4.90 Å². The lowest BCUT2D eigenvalue weighted by molar-refractivity contribution is 0.187. The number of piperazine rings is 1. The Morgan fingerprint density at radius 2 is 1.84 bits per heavy atom. The Kier molecular flexibility index (Phi) is 4.30. The number of pyridine rings is 1. The van der Waals surface area contributed by atoms with E-state index in [0.717, 1.165) is 47.5 Å². The van der Waals surface area contributed by atoms with E-state index in [-0.39, 0.29) is 0 Å². The van der Waals surface area contributed by atoms with Gasteiger partial charge in [0.1, 0.15) is 5.82 Å². The van der Waals surface area contributed by atoms with Crippen molar-refractivity contribution >= 4 is 33.3 Å². The molecular weight excluding hydrogens is 326 g/mol. The number of hydrogen-bond donors (Lipinski definition) is 0. The van der Waals surface area contributed by atoms with Crippen LogP contribution in [0.25, 0.3) is 0 Å². The molecule has 0 bridgehead atoms. The van der Waals surface area contributed by atoms with Crippen LogP contribution in [0, 0.1) is 0 Å². The SMILES string of the molecule is Clc1cc(Br)cnc1N1CCN(C2CCCC2)CC1. The van der Waals surface area contributed by atoms with Crippen LogP contribution in [0.15, 0.2) is 16.7 Å². The van der Waals surface area contributed by atoms with Crippen LogP contribution in [0.3, 0.4) is 0 Å².